The fourth-order valence-corrected chi connectivity index (χ4v) is 1.92. The van der Waals surface area contributed by atoms with Gasteiger partial charge in [-0.15, -0.1) is 5.92 Å². The number of nitrogens with one attached hydrogen (secondary N) is 1. The average Bonchev–Trinajstić information content (AvgIpc) is 2.27. The lowest BCUT2D eigenvalue weighted by atomic mass is 10.1. The summed E-state index contributed by atoms with van der Waals surface area (Å²) in [7, 11) is 0. The Balaban J connectivity index is 2.42. The van der Waals surface area contributed by atoms with E-state index >= 15 is 0 Å². The normalized spacial score (nSPS) is 20.0. The first-order valence-electron chi connectivity index (χ1n) is 6.53. The van der Waals surface area contributed by atoms with E-state index in [-0.39, 0.29) is 6.09 Å². The fourth-order valence-electron chi connectivity index (χ4n) is 1.92. The molecule has 0 spiro atoms. The van der Waals surface area contributed by atoms with E-state index in [0.29, 0.717) is 19.1 Å². The van der Waals surface area contributed by atoms with Crippen LogP contribution in [0.2, 0.25) is 0 Å². The molecule has 1 atom stereocenters. The highest BCUT2D eigenvalue weighted by atomic mass is 16.6. The van der Waals surface area contributed by atoms with E-state index in [9.17, 15) is 4.79 Å². The SMILES string of the molecule is CC#CCNC1CCCN(C(=O)OC(C)(C)C)C1. The molecule has 0 radical (unpaired) electrons. The monoisotopic (exact) mass is 252 g/mol. The van der Waals surface area contributed by atoms with Crippen molar-refractivity contribution in [1.82, 2.24) is 10.2 Å². The highest BCUT2D eigenvalue weighted by Crippen LogP contribution is 2.15. The Morgan fingerprint density at radius 2 is 2.22 bits per heavy atom. The van der Waals surface area contributed by atoms with Gasteiger partial charge in [0.2, 0.25) is 0 Å². The molecule has 1 aliphatic heterocycles. The van der Waals surface area contributed by atoms with Gasteiger partial charge < -0.3 is 15.0 Å². The van der Waals surface area contributed by atoms with E-state index in [2.05, 4.69) is 17.2 Å². The summed E-state index contributed by atoms with van der Waals surface area (Å²) < 4.78 is 5.38. The van der Waals surface area contributed by atoms with Crippen LogP contribution in [0.25, 0.3) is 0 Å². The van der Waals surface area contributed by atoms with E-state index in [4.69, 9.17) is 4.74 Å². The Labute approximate surface area is 110 Å². The minimum atomic E-state index is -0.425. The molecular weight excluding hydrogens is 228 g/mol. The third-order valence-corrected chi connectivity index (χ3v) is 2.73. The molecule has 4 nitrogen and oxygen atoms in total. The van der Waals surface area contributed by atoms with Gasteiger partial charge in [0.25, 0.3) is 0 Å². The predicted molar refractivity (Wildman–Crippen MR) is 72.3 cm³/mol. The number of likely N-dealkylation sites (tertiary alicyclic amines) is 1. The third kappa shape index (κ3) is 5.42. The van der Waals surface area contributed by atoms with Crippen molar-refractivity contribution in [2.24, 2.45) is 0 Å². The van der Waals surface area contributed by atoms with Gasteiger partial charge in [-0.3, -0.25) is 0 Å². The van der Waals surface area contributed by atoms with Gasteiger partial charge in [0.05, 0.1) is 6.54 Å². The van der Waals surface area contributed by atoms with Crippen LogP contribution >= 0.6 is 0 Å². The smallest absolute Gasteiger partial charge is 0.410 e. The van der Waals surface area contributed by atoms with Gasteiger partial charge in [0.1, 0.15) is 5.60 Å². The third-order valence-electron chi connectivity index (χ3n) is 2.73. The molecular formula is C14H24N2O2. The van der Waals surface area contributed by atoms with Crippen molar-refractivity contribution < 1.29 is 9.53 Å². The van der Waals surface area contributed by atoms with E-state index in [1.54, 1.807) is 4.90 Å². The Hall–Kier alpha value is -1.21. The van der Waals surface area contributed by atoms with Crippen molar-refractivity contribution in [3.63, 3.8) is 0 Å². The number of hydrogen-bond donors (Lipinski definition) is 1. The van der Waals surface area contributed by atoms with Gasteiger partial charge >= 0.3 is 6.09 Å². The van der Waals surface area contributed by atoms with Crippen LogP contribution in [0.4, 0.5) is 4.79 Å². The lowest BCUT2D eigenvalue weighted by molar-refractivity contribution is 0.0189. The highest BCUT2D eigenvalue weighted by molar-refractivity contribution is 5.68. The molecule has 1 fully saturated rings. The summed E-state index contributed by atoms with van der Waals surface area (Å²) in [4.78, 5) is 13.7. The zero-order valence-electron chi connectivity index (χ0n) is 11.9. The van der Waals surface area contributed by atoms with Gasteiger partial charge in [-0.2, -0.15) is 0 Å². The molecule has 1 amide bonds. The molecule has 18 heavy (non-hydrogen) atoms. The quantitative estimate of drug-likeness (QED) is 0.764. The summed E-state index contributed by atoms with van der Waals surface area (Å²) in [6, 6.07) is 0.326. The van der Waals surface area contributed by atoms with Crippen molar-refractivity contribution in [2.75, 3.05) is 19.6 Å². The van der Waals surface area contributed by atoms with Crippen molar-refractivity contribution >= 4 is 6.09 Å². The van der Waals surface area contributed by atoms with E-state index < -0.39 is 5.60 Å². The molecule has 1 aliphatic rings. The van der Waals surface area contributed by atoms with Crippen molar-refractivity contribution in [3.8, 4) is 11.8 Å². The van der Waals surface area contributed by atoms with E-state index in [0.717, 1.165) is 19.4 Å². The van der Waals surface area contributed by atoms with Crippen molar-refractivity contribution in [2.45, 2.75) is 52.2 Å². The second-order valence-electron chi connectivity index (χ2n) is 5.57. The number of carbonyl (C=O) groups excluding carboxylic acids is 1. The molecule has 1 unspecified atom stereocenters. The maximum Gasteiger partial charge on any atom is 0.410 e. The molecule has 1 saturated heterocycles. The topological polar surface area (TPSA) is 41.6 Å². The molecule has 0 bridgehead atoms. The number of amides is 1. The summed E-state index contributed by atoms with van der Waals surface area (Å²) in [5, 5.41) is 3.35. The van der Waals surface area contributed by atoms with E-state index in [1.165, 1.54) is 0 Å². The molecule has 0 aliphatic carbocycles. The van der Waals surface area contributed by atoms with Crippen LogP contribution in [-0.2, 0) is 4.74 Å². The Kier molecular flexibility index (Phi) is 5.49. The second kappa shape index (κ2) is 6.65. The molecule has 0 aromatic carbocycles. The zero-order valence-corrected chi connectivity index (χ0v) is 11.9. The molecule has 102 valence electrons. The summed E-state index contributed by atoms with van der Waals surface area (Å²) >= 11 is 0. The summed E-state index contributed by atoms with van der Waals surface area (Å²) in [6.45, 7) is 9.68. The molecule has 0 aromatic rings. The predicted octanol–water partition coefficient (Wildman–Crippen LogP) is 2.00. The van der Waals surface area contributed by atoms with Crippen LogP contribution in [0, 0.1) is 11.8 Å². The zero-order chi connectivity index (χ0) is 13.6. The standard InChI is InChI=1S/C14H24N2O2/c1-5-6-9-15-12-8-7-10-16(11-12)13(17)18-14(2,3)4/h12,15H,7-11H2,1-4H3. The lowest BCUT2D eigenvalue weighted by Gasteiger charge is -2.34. The van der Waals surface area contributed by atoms with Crippen molar-refractivity contribution in [1.29, 1.82) is 0 Å². The molecule has 0 saturated carbocycles. The molecule has 0 aromatic heterocycles. The summed E-state index contributed by atoms with van der Waals surface area (Å²) in [5.41, 5.74) is -0.425. The minimum absolute atomic E-state index is 0.212. The maximum absolute atomic E-state index is 11.9. The number of hydrogen-bond acceptors (Lipinski definition) is 3. The fraction of sp³-hybridized carbons (Fsp3) is 0.786. The second-order valence-corrected chi connectivity index (χ2v) is 5.57. The molecule has 1 heterocycles. The Morgan fingerprint density at radius 3 is 2.83 bits per heavy atom. The van der Waals surface area contributed by atoms with Gasteiger partial charge in [-0.05, 0) is 40.5 Å². The first-order chi connectivity index (χ1) is 8.42. The number of rotatable bonds is 2. The van der Waals surface area contributed by atoms with Gasteiger partial charge in [-0.25, -0.2) is 4.79 Å². The number of nitrogens with zero attached hydrogens (tertiary/aromatic N) is 1. The summed E-state index contributed by atoms with van der Waals surface area (Å²) in [5.74, 6) is 5.84. The number of ether oxygens (including phenoxy) is 1. The molecule has 1 N–H and O–H groups in total. The maximum atomic E-state index is 11.9. The Morgan fingerprint density at radius 1 is 1.50 bits per heavy atom. The van der Waals surface area contributed by atoms with Crippen LogP contribution in [0.5, 0.6) is 0 Å². The first-order valence-corrected chi connectivity index (χ1v) is 6.53. The minimum Gasteiger partial charge on any atom is -0.444 e. The van der Waals surface area contributed by atoms with Crippen LogP contribution in [0.3, 0.4) is 0 Å². The Bertz CT molecular complexity index is 336. The van der Waals surface area contributed by atoms with Crippen LogP contribution in [0.1, 0.15) is 40.5 Å². The van der Waals surface area contributed by atoms with Crippen molar-refractivity contribution in [3.05, 3.63) is 0 Å². The van der Waals surface area contributed by atoms with Crippen LogP contribution < -0.4 is 5.32 Å². The van der Waals surface area contributed by atoms with E-state index in [1.807, 2.05) is 27.7 Å². The first kappa shape index (κ1) is 14.8. The summed E-state index contributed by atoms with van der Waals surface area (Å²) in [6.07, 6.45) is 1.89. The van der Waals surface area contributed by atoms with Gasteiger partial charge in [-0.1, -0.05) is 5.92 Å². The average molecular weight is 252 g/mol. The van der Waals surface area contributed by atoms with Crippen LogP contribution in [0.15, 0.2) is 0 Å². The van der Waals surface area contributed by atoms with Crippen LogP contribution in [-0.4, -0.2) is 42.3 Å². The largest absolute Gasteiger partial charge is 0.444 e. The van der Waals surface area contributed by atoms with Gasteiger partial charge in [0, 0.05) is 19.1 Å². The van der Waals surface area contributed by atoms with Gasteiger partial charge in [0.15, 0.2) is 0 Å². The highest BCUT2D eigenvalue weighted by Gasteiger charge is 2.27. The lowest BCUT2D eigenvalue weighted by Crippen LogP contribution is -2.49. The number of piperidine rings is 1. The number of carbonyl (C=O) groups is 1. The molecule has 4 heteroatoms. The molecule has 1 rings (SSSR count).